The molecule has 0 spiro atoms. The lowest BCUT2D eigenvalue weighted by Gasteiger charge is -2.20. The number of nitrogens with zero attached hydrogens (tertiary/aromatic N) is 3. The maximum absolute atomic E-state index is 14.1. The highest BCUT2D eigenvalue weighted by atomic mass is 19.4. The van der Waals surface area contributed by atoms with Crippen LogP contribution >= 0.6 is 0 Å². The highest BCUT2D eigenvalue weighted by molar-refractivity contribution is 6.09. The van der Waals surface area contributed by atoms with E-state index in [0.717, 1.165) is 22.8 Å². The van der Waals surface area contributed by atoms with Gasteiger partial charge in [0.1, 0.15) is 17.3 Å². The molecule has 0 aliphatic rings. The van der Waals surface area contributed by atoms with Crippen molar-refractivity contribution in [2.24, 2.45) is 0 Å². The molecule has 252 valence electrons. The number of rotatable bonds is 12. The van der Waals surface area contributed by atoms with Crippen molar-refractivity contribution in [3.8, 4) is 11.4 Å². The minimum absolute atomic E-state index is 0.0179. The van der Waals surface area contributed by atoms with Gasteiger partial charge in [-0.25, -0.2) is 9.37 Å². The third kappa shape index (κ3) is 8.03. The van der Waals surface area contributed by atoms with Crippen LogP contribution in [-0.2, 0) is 17.5 Å². The topological polar surface area (TPSA) is 113 Å². The van der Waals surface area contributed by atoms with Gasteiger partial charge < -0.3 is 15.5 Å². The molecule has 13 heteroatoms. The Morgan fingerprint density at radius 3 is 2.23 bits per heavy atom. The van der Waals surface area contributed by atoms with Crippen molar-refractivity contribution >= 4 is 23.2 Å². The molecule has 0 saturated carbocycles. The normalized spacial score (nSPS) is 12.0. The molecule has 1 atom stereocenters. The molecule has 0 aliphatic heterocycles. The first kappa shape index (κ1) is 35.7. The van der Waals surface area contributed by atoms with Gasteiger partial charge in [0.25, 0.3) is 11.5 Å². The summed E-state index contributed by atoms with van der Waals surface area (Å²) in [5, 5.41) is 5.81. The molecule has 1 aromatic heterocycles. The SMILES string of the molecule is CCC(=O)[C@H](CNc1cnc(-c2cc(C(=O)N(C)C)ccc2C)n(Cc2cc(C(=O)c3ccc(F)cc3)cc(C(F)(F)F)c2)c1=O)NC. The fraction of sp³-hybridized carbons (Fsp3) is 0.286. The molecule has 1 amide bonds. The molecular formula is C35H35F4N5O4. The van der Waals surface area contributed by atoms with Crippen LogP contribution in [0.15, 0.2) is 71.7 Å². The first-order valence-electron chi connectivity index (χ1n) is 15.0. The van der Waals surface area contributed by atoms with Gasteiger partial charge in [-0.3, -0.25) is 23.7 Å². The number of aromatic nitrogens is 2. The fourth-order valence-electron chi connectivity index (χ4n) is 5.09. The van der Waals surface area contributed by atoms with E-state index in [9.17, 15) is 36.7 Å². The Morgan fingerprint density at radius 1 is 0.958 bits per heavy atom. The van der Waals surface area contributed by atoms with Gasteiger partial charge in [-0.1, -0.05) is 13.0 Å². The van der Waals surface area contributed by atoms with Gasteiger partial charge in [-0.05, 0) is 79.7 Å². The van der Waals surface area contributed by atoms with E-state index in [1.165, 1.54) is 29.3 Å². The van der Waals surface area contributed by atoms with Gasteiger partial charge in [-0.2, -0.15) is 13.2 Å². The lowest BCUT2D eigenvalue weighted by atomic mass is 9.98. The van der Waals surface area contributed by atoms with Crippen molar-refractivity contribution in [1.29, 1.82) is 0 Å². The number of nitrogens with one attached hydrogen (secondary N) is 2. The van der Waals surface area contributed by atoms with Crippen molar-refractivity contribution in [2.45, 2.75) is 39.0 Å². The van der Waals surface area contributed by atoms with Crippen LogP contribution in [0, 0.1) is 12.7 Å². The number of hydrogen-bond acceptors (Lipinski definition) is 7. The van der Waals surface area contributed by atoms with Gasteiger partial charge in [0.15, 0.2) is 11.6 Å². The van der Waals surface area contributed by atoms with Crippen LogP contribution < -0.4 is 16.2 Å². The number of anilines is 1. The summed E-state index contributed by atoms with van der Waals surface area (Å²) in [6, 6.07) is 11.4. The summed E-state index contributed by atoms with van der Waals surface area (Å²) in [5.74, 6) is -1.74. The van der Waals surface area contributed by atoms with Crippen LogP contribution in [0.25, 0.3) is 11.4 Å². The van der Waals surface area contributed by atoms with Crippen molar-refractivity contribution in [3.05, 3.63) is 116 Å². The predicted molar refractivity (Wildman–Crippen MR) is 174 cm³/mol. The largest absolute Gasteiger partial charge is 0.416 e. The number of ketones is 2. The number of aryl methyl sites for hydroxylation is 1. The van der Waals surface area contributed by atoms with Crippen LogP contribution in [0.3, 0.4) is 0 Å². The van der Waals surface area contributed by atoms with E-state index in [-0.39, 0.29) is 52.9 Å². The monoisotopic (exact) mass is 665 g/mol. The number of alkyl halides is 3. The maximum Gasteiger partial charge on any atom is 0.416 e. The summed E-state index contributed by atoms with van der Waals surface area (Å²) < 4.78 is 57.0. The molecule has 0 unspecified atom stereocenters. The Morgan fingerprint density at radius 2 is 1.62 bits per heavy atom. The average Bonchev–Trinajstić information content (AvgIpc) is 3.05. The minimum Gasteiger partial charge on any atom is -0.377 e. The molecule has 0 fully saturated rings. The van der Waals surface area contributed by atoms with E-state index in [1.807, 2.05) is 0 Å². The van der Waals surface area contributed by atoms with Gasteiger partial charge in [0.2, 0.25) is 0 Å². The van der Waals surface area contributed by atoms with Crippen molar-refractivity contribution in [3.63, 3.8) is 0 Å². The highest BCUT2D eigenvalue weighted by Crippen LogP contribution is 2.32. The first-order chi connectivity index (χ1) is 22.6. The lowest BCUT2D eigenvalue weighted by Crippen LogP contribution is -2.40. The molecule has 4 rings (SSSR count). The van der Waals surface area contributed by atoms with Crippen LogP contribution in [-0.4, -0.2) is 65.7 Å². The van der Waals surface area contributed by atoms with Crippen LogP contribution in [0.4, 0.5) is 23.2 Å². The Balaban J connectivity index is 1.90. The van der Waals surface area contributed by atoms with Gasteiger partial charge in [0, 0.05) is 49.3 Å². The van der Waals surface area contributed by atoms with Gasteiger partial charge in [-0.15, -0.1) is 0 Å². The molecule has 9 nitrogen and oxygen atoms in total. The van der Waals surface area contributed by atoms with E-state index in [2.05, 4.69) is 15.6 Å². The van der Waals surface area contributed by atoms with Gasteiger partial charge >= 0.3 is 6.18 Å². The molecule has 2 N–H and O–H groups in total. The number of halogens is 4. The van der Waals surface area contributed by atoms with Gasteiger partial charge in [0.05, 0.1) is 24.3 Å². The molecule has 4 aromatic rings. The van der Waals surface area contributed by atoms with Crippen LogP contribution in [0.5, 0.6) is 0 Å². The number of benzene rings is 3. The van der Waals surface area contributed by atoms with E-state index in [1.54, 1.807) is 53.2 Å². The Hall–Kier alpha value is -5.17. The molecule has 0 saturated heterocycles. The molecule has 3 aromatic carbocycles. The quantitative estimate of drug-likeness (QED) is 0.155. The summed E-state index contributed by atoms with van der Waals surface area (Å²) in [6.45, 7) is 3.03. The number of likely N-dealkylation sites (N-methyl/N-ethyl adjacent to an activating group) is 1. The number of Topliss-reactive ketones (excluding diaryl/α,β-unsaturated/α-hetero) is 1. The summed E-state index contributed by atoms with van der Waals surface area (Å²) in [7, 11) is 4.76. The zero-order valence-corrected chi connectivity index (χ0v) is 27.0. The number of amides is 1. The fourth-order valence-corrected chi connectivity index (χ4v) is 5.09. The highest BCUT2D eigenvalue weighted by Gasteiger charge is 2.32. The van der Waals surface area contributed by atoms with Crippen molar-refractivity contribution in [1.82, 2.24) is 19.8 Å². The van der Waals surface area contributed by atoms with E-state index < -0.39 is 41.5 Å². The Kier molecular flexibility index (Phi) is 10.9. The van der Waals surface area contributed by atoms with E-state index >= 15 is 0 Å². The standard InChI is InChI=1S/C35H35F4N5O4/c1-6-30(45)28(40-3)17-41-29-18-42-32(27-16-23(8-7-20(27)2)33(47)43(4)5)44(34(29)48)19-21-13-24(15-25(14-21)35(37,38)39)31(46)22-9-11-26(36)12-10-22/h7-16,18,28,40-41H,6,17,19H2,1-5H3/t28-/m0/s1. The smallest absolute Gasteiger partial charge is 0.377 e. The Bertz CT molecular complexity index is 1900. The zero-order valence-electron chi connectivity index (χ0n) is 27.0. The number of hydrogen-bond donors (Lipinski definition) is 2. The third-order valence-corrected chi connectivity index (χ3v) is 7.79. The summed E-state index contributed by atoms with van der Waals surface area (Å²) in [4.78, 5) is 58.3. The first-order valence-corrected chi connectivity index (χ1v) is 15.0. The summed E-state index contributed by atoms with van der Waals surface area (Å²) >= 11 is 0. The molecule has 0 aliphatic carbocycles. The maximum atomic E-state index is 14.1. The summed E-state index contributed by atoms with van der Waals surface area (Å²) in [5.41, 5.74) is -0.857. The molecule has 1 heterocycles. The summed E-state index contributed by atoms with van der Waals surface area (Å²) in [6.07, 6.45) is -3.31. The third-order valence-electron chi connectivity index (χ3n) is 7.79. The molecule has 48 heavy (non-hydrogen) atoms. The number of carbonyl (C=O) groups is 3. The average molecular weight is 666 g/mol. The van der Waals surface area contributed by atoms with Crippen molar-refractivity contribution < 1.29 is 31.9 Å². The number of carbonyl (C=O) groups excluding carboxylic acids is 3. The second-order valence-corrected chi connectivity index (χ2v) is 11.4. The Labute approximate surface area is 274 Å². The zero-order chi connectivity index (χ0) is 35.3. The minimum atomic E-state index is -4.84. The van der Waals surface area contributed by atoms with E-state index in [4.69, 9.17) is 0 Å². The second-order valence-electron chi connectivity index (χ2n) is 11.4. The van der Waals surface area contributed by atoms with E-state index in [0.29, 0.717) is 22.8 Å². The molecular weight excluding hydrogens is 630 g/mol. The molecule has 0 radical (unpaired) electrons. The van der Waals surface area contributed by atoms with Crippen LogP contribution in [0.1, 0.15) is 56.3 Å². The second kappa shape index (κ2) is 14.7. The molecule has 0 bridgehead atoms. The van der Waals surface area contributed by atoms with Crippen LogP contribution in [0.2, 0.25) is 0 Å². The predicted octanol–water partition coefficient (Wildman–Crippen LogP) is 5.34. The lowest BCUT2D eigenvalue weighted by molar-refractivity contribution is -0.137. The van der Waals surface area contributed by atoms with Crippen molar-refractivity contribution in [2.75, 3.05) is 33.0 Å².